The first-order valence-corrected chi connectivity index (χ1v) is 5.71. The summed E-state index contributed by atoms with van der Waals surface area (Å²) < 4.78 is 12.5. The van der Waals surface area contributed by atoms with Gasteiger partial charge in [-0.25, -0.2) is 0 Å². The summed E-state index contributed by atoms with van der Waals surface area (Å²) in [4.78, 5) is 0. The number of hydrogen-bond acceptors (Lipinski definition) is 4. The third kappa shape index (κ3) is 1.91. The molecule has 3 N–H and O–H groups in total. The molecule has 0 aliphatic carbocycles. The summed E-state index contributed by atoms with van der Waals surface area (Å²) >= 11 is 0. The van der Waals surface area contributed by atoms with Crippen LogP contribution in [-0.4, -0.2) is 30.4 Å². The number of nitrogens with two attached hydrogens (primary N) is 1. The van der Waals surface area contributed by atoms with E-state index in [0.29, 0.717) is 11.5 Å². The summed E-state index contributed by atoms with van der Waals surface area (Å²) in [7, 11) is 5.11. The molecule has 0 saturated carbocycles. The first-order valence-electron chi connectivity index (χ1n) is 5.71. The van der Waals surface area contributed by atoms with Crippen molar-refractivity contribution in [3.63, 3.8) is 0 Å². The predicted molar refractivity (Wildman–Crippen MR) is 70.0 cm³/mol. The zero-order valence-electron chi connectivity index (χ0n) is 10.8. The number of aliphatic hydroxyl groups excluding tert-OH is 1. The number of aryl methyl sites for hydroxylation is 1. The van der Waals surface area contributed by atoms with Crippen molar-refractivity contribution in [1.82, 2.24) is 4.57 Å². The monoisotopic (exact) mass is 250 g/mol. The highest BCUT2D eigenvalue weighted by atomic mass is 16.5. The fourth-order valence-corrected chi connectivity index (χ4v) is 2.13. The second-order valence-electron chi connectivity index (χ2n) is 4.17. The summed E-state index contributed by atoms with van der Waals surface area (Å²) in [5.74, 6) is 1.31. The van der Waals surface area contributed by atoms with E-state index in [2.05, 4.69) is 0 Å². The zero-order chi connectivity index (χ0) is 13.3. The van der Waals surface area contributed by atoms with Crippen molar-refractivity contribution in [3.05, 3.63) is 23.9 Å². The molecule has 2 rings (SSSR count). The number of benzene rings is 1. The molecule has 0 spiro atoms. The van der Waals surface area contributed by atoms with Crippen molar-refractivity contribution in [2.45, 2.75) is 6.10 Å². The lowest BCUT2D eigenvalue weighted by Crippen LogP contribution is -2.11. The standard InChI is InChI=1S/C13H18N2O3/c1-15-7-9(11(16)6-14)8-4-12(17-2)13(18-3)5-10(8)15/h4-5,7,11,16H,6,14H2,1-3H3. The van der Waals surface area contributed by atoms with Crippen molar-refractivity contribution in [2.75, 3.05) is 20.8 Å². The van der Waals surface area contributed by atoms with Gasteiger partial charge in [-0.15, -0.1) is 0 Å². The molecule has 5 heteroatoms. The Balaban J connectivity index is 2.70. The molecular formula is C13H18N2O3. The molecule has 1 aromatic carbocycles. The summed E-state index contributed by atoms with van der Waals surface area (Å²) in [5.41, 5.74) is 7.29. The molecule has 18 heavy (non-hydrogen) atoms. The maximum absolute atomic E-state index is 9.92. The molecule has 1 heterocycles. The van der Waals surface area contributed by atoms with Gasteiger partial charge in [0, 0.05) is 36.8 Å². The van der Waals surface area contributed by atoms with Crippen LogP contribution in [0.2, 0.25) is 0 Å². The third-order valence-corrected chi connectivity index (χ3v) is 3.11. The second kappa shape index (κ2) is 4.88. The van der Waals surface area contributed by atoms with E-state index in [-0.39, 0.29) is 6.54 Å². The minimum atomic E-state index is -0.674. The van der Waals surface area contributed by atoms with E-state index < -0.39 is 6.10 Å². The number of nitrogens with zero attached hydrogens (tertiary/aromatic N) is 1. The van der Waals surface area contributed by atoms with Gasteiger partial charge in [0.15, 0.2) is 11.5 Å². The van der Waals surface area contributed by atoms with E-state index in [9.17, 15) is 5.11 Å². The number of fused-ring (bicyclic) bond motifs is 1. The number of aromatic nitrogens is 1. The van der Waals surface area contributed by atoms with E-state index in [0.717, 1.165) is 16.5 Å². The van der Waals surface area contributed by atoms with Gasteiger partial charge in [0.1, 0.15) is 0 Å². The molecule has 2 aromatic rings. The van der Waals surface area contributed by atoms with Crippen molar-refractivity contribution in [1.29, 1.82) is 0 Å². The Labute approximate surface area is 106 Å². The van der Waals surface area contributed by atoms with Crippen LogP contribution in [0.4, 0.5) is 0 Å². The molecule has 5 nitrogen and oxygen atoms in total. The van der Waals surface area contributed by atoms with E-state index in [1.807, 2.05) is 29.9 Å². The molecule has 0 aliphatic heterocycles. The smallest absolute Gasteiger partial charge is 0.162 e. The number of ether oxygens (including phenoxy) is 2. The SMILES string of the molecule is COc1cc2c(C(O)CN)cn(C)c2cc1OC. The van der Waals surface area contributed by atoms with E-state index >= 15 is 0 Å². The van der Waals surface area contributed by atoms with Gasteiger partial charge in [0.25, 0.3) is 0 Å². The van der Waals surface area contributed by atoms with Gasteiger partial charge < -0.3 is 24.9 Å². The van der Waals surface area contributed by atoms with Crippen LogP contribution in [0.1, 0.15) is 11.7 Å². The summed E-state index contributed by atoms with van der Waals surface area (Å²) in [6.45, 7) is 0.188. The topological polar surface area (TPSA) is 69.6 Å². The minimum Gasteiger partial charge on any atom is -0.493 e. The van der Waals surface area contributed by atoms with E-state index in [1.54, 1.807) is 14.2 Å². The lowest BCUT2D eigenvalue weighted by atomic mass is 10.1. The molecule has 0 radical (unpaired) electrons. The zero-order valence-corrected chi connectivity index (χ0v) is 10.8. The van der Waals surface area contributed by atoms with Crippen LogP contribution in [0.5, 0.6) is 11.5 Å². The van der Waals surface area contributed by atoms with Crippen molar-refractivity contribution in [3.8, 4) is 11.5 Å². The van der Waals surface area contributed by atoms with Crippen molar-refractivity contribution < 1.29 is 14.6 Å². The van der Waals surface area contributed by atoms with Crippen LogP contribution < -0.4 is 15.2 Å². The molecule has 0 amide bonds. The second-order valence-corrected chi connectivity index (χ2v) is 4.17. The van der Waals surface area contributed by atoms with Crippen LogP contribution in [0.25, 0.3) is 10.9 Å². The van der Waals surface area contributed by atoms with Gasteiger partial charge >= 0.3 is 0 Å². The average Bonchev–Trinajstić information content (AvgIpc) is 2.73. The van der Waals surface area contributed by atoms with Gasteiger partial charge in [0.2, 0.25) is 0 Å². The quantitative estimate of drug-likeness (QED) is 0.855. The molecule has 0 bridgehead atoms. The lowest BCUT2D eigenvalue weighted by Gasteiger charge is -2.10. The highest BCUT2D eigenvalue weighted by molar-refractivity contribution is 5.87. The highest BCUT2D eigenvalue weighted by Crippen LogP contribution is 2.35. The molecule has 1 unspecified atom stereocenters. The Kier molecular flexibility index (Phi) is 3.45. The van der Waals surface area contributed by atoms with E-state index in [4.69, 9.17) is 15.2 Å². The maximum Gasteiger partial charge on any atom is 0.162 e. The van der Waals surface area contributed by atoms with Gasteiger partial charge in [-0.1, -0.05) is 0 Å². The number of methoxy groups -OCH3 is 2. The fourth-order valence-electron chi connectivity index (χ4n) is 2.13. The van der Waals surface area contributed by atoms with Gasteiger partial charge in [0.05, 0.1) is 25.8 Å². The molecular weight excluding hydrogens is 232 g/mol. The van der Waals surface area contributed by atoms with E-state index in [1.165, 1.54) is 0 Å². The van der Waals surface area contributed by atoms with Crippen molar-refractivity contribution in [2.24, 2.45) is 12.8 Å². The normalized spacial score (nSPS) is 12.7. The molecule has 1 aromatic heterocycles. The first kappa shape index (κ1) is 12.7. The Morgan fingerprint density at radius 1 is 1.28 bits per heavy atom. The largest absolute Gasteiger partial charge is 0.493 e. The highest BCUT2D eigenvalue weighted by Gasteiger charge is 2.16. The molecule has 0 aliphatic rings. The van der Waals surface area contributed by atoms with Gasteiger partial charge in [-0.3, -0.25) is 0 Å². The first-order chi connectivity index (χ1) is 8.62. The number of aliphatic hydroxyl groups is 1. The minimum absolute atomic E-state index is 0.188. The fraction of sp³-hybridized carbons (Fsp3) is 0.385. The predicted octanol–water partition coefficient (Wildman–Crippen LogP) is 1.19. The maximum atomic E-state index is 9.92. The van der Waals surface area contributed by atoms with Gasteiger partial charge in [-0.2, -0.15) is 0 Å². The third-order valence-electron chi connectivity index (χ3n) is 3.11. The summed E-state index contributed by atoms with van der Waals surface area (Å²) in [6, 6.07) is 3.75. The van der Waals surface area contributed by atoms with Crippen LogP contribution in [0.3, 0.4) is 0 Å². The Bertz CT molecular complexity index is 563. The Hall–Kier alpha value is -1.72. The lowest BCUT2D eigenvalue weighted by molar-refractivity contribution is 0.188. The van der Waals surface area contributed by atoms with Crippen LogP contribution in [0, 0.1) is 0 Å². The van der Waals surface area contributed by atoms with Crippen LogP contribution in [-0.2, 0) is 7.05 Å². The number of hydrogen-bond donors (Lipinski definition) is 2. The number of rotatable bonds is 4. The Morgan fingerprint density at radius 3 is 2.44 bits per heavy atom. The van der Waals surface area contributed by atoms with Crippen LogP contribution in [0.15, 0.2) is 18.3 Å². The molecule has 0 saturated heterocycles. The average molecular weight is 250 g/mol. The summed E-state index contributed by atoms with van der Waals surface area (Å²) in [6.07, 6.45) is 1.20. The van der Waals surface area contributed by atoms with Crippen LogP contribution >= 0.6 is 0 Å². The molecule has 98 valence electrons. The Morgan fingerprint density at radius 2 is 1.89 bits per heavy atom. The molecule has 1 atom stereocenters. The van der Waals surface area contributed by atoms with Crippen molar-refractivity contribution >= 4 is 10.9 Å². The van der Waals surface area contributed by atoms with Gasteiger partial charge in [-0.05, 0) is 6.07 Å². The summed E-state index contributed by atoms with van der Waals surface area (Å²) in [5, 5.41) is 10.8. The molecule has 0 fully saturated rings.